The van der Waals surface area contributed by atoms with Gasteiger partial charge in [-0.05, 0) is 38.5 Å². The summed E-state index contributed by atoms with van der Waals surface area (Å²) < 4.78 is 12.4. The van der Waals surface area contributed by atoms with Crippen LogP contribution in [0.15, 0.2) is 28.7 Å². The van der Waals surface area contributed by atoms with Gasteiger partial charge in [0.15, 0.2) is 0 Å². The first-order valence-corrected chi connectivity index (χ1v) is 6.93. The Kier molecular flexibility index (Phi) is 6.29. The summed E-state index contributed by atoms with van der Waals surface area (Å²) in [5.74, 6) is 0. The second-order valence-corrected chi connectivity index (χ2v) is 6.02. The second kappa shape index (κ2) is 7.24. The number of ether oxygens (including phenoxy) is 2. The minimum Gasteiger partial charge on any atom is -0.373 e. The Labute approximate surface area is 118 Å². The van der Waals surface area contributed by atoms with Crippen molar-refractivity contribution >= 4 is 15.9 Å². The van der Waals surface area contributed by atoms with Crippen molar-refractivity contribution in [3.05, 3.63) is 34.3 Å². The third-order valence-electron chi connectivity index (χ3n) is 2.39. The molecule has 1 atom stereocenters. The van der Waals surface area contributed by atoms with Crippen LogP contribution in [0.2, 0.25) is 0 Å². The smallest absolute Gasteiger partial charge is 0.0948 e. The van der Waals surface area contributed by atoms with E-state index in [-0.39, 0.29) is 11.7 Å². The first-order valence-electron chi connectivity index (χ1n) is 6.13. The maximum Gasteiger partial charge on any atom is 0.0948 e. The molecule has 0 aliphatic heterocycles. The Balaban J connectivity index is 2.40. The Morgan fingerprint density at radius 1 is 1.17 bits per heavy atom. The summed E-state index contributed by atoms with van der Waals surface area (Å²) in [5.41, 5.74) is 6.70. The minimum absolute atomic E-state index is 0.0679. The number of rotatable bonds is 6. The zero-order chi connectivity index (χ0) is 13.6. The van der Waals surface area contributed by atoms with Crippen molar-refractivity contribution < 1.29 is 9.47 Å². The Bertz CT molecular complexity index is 346. The molecule has 1 rings (SSSR count). The lowest BCUT2D eigenvalue weighted by molar-refractivity contribution is -0.0505. The molecule has 0 bridgehead atoms. The van der Waals surface area contributed by atoms with Crippen LogP contribution in [0.3, 0.4) is 0 Å². The molecule has 0 aliphatic carbocycles. The van der Waals surface area contributed by atoms with Gasteiger partial charge in [-0.25, -0.2) is 0 Å². The fourth-order valence-corrected chi connectivity index (χ4v) is 1.78. The fourth-order valence-electron chi connectivity index (χ4n) is 1.52. The van der Waals surface area contributed by atoms with E-state index in [9.17, 15) is 0 Å². The van der Waals surface area contributed by atoms with E-state index in [2.05, 4.69) is 15.9 Å². The molecule has 4 heteroatoms. The van der Waals surface area contributed by atoms with Crippen LogP contribution in [0.5, 0.6) is 0 Å². The van der Waals surface area contributed by atoms with Crippen molar-refractivity contribution in [1.29, 1.82) is 0 Å². The van der Waals surface area contributed by atoms with Gasteiger partial charge < -0.3 is 15.2 Å². The van der Waals surface area contributed by atoms with Crippen molar-refractivity contribution in [2.45, 2.75) is 32.5 Å². The number of hydrogen-bond donors (Lipinski definition) is 1. The van der Waals surface area contributed by atoms with E-state index >= 15 is 0 Å². The fraction of sp³-hybridized carbons (Fsp3) is 0.571. The molecule has 0 saturated carbocycles. The quantitative estimate of drug-likeness (QED) is 0.819. The van der Waals surface area contributed by atoms with Crippen LogP contribution in [0.4, 0.5) is 0 Å². The third-order valence-corrected chi connectivity index (χ3v) is 2.92. The highest BCUT2D eigenvalue weighted by Crippen LogP contribution is 2.19. The molecule has 0 amide bonds. The lowest BCUT2D eigenvalue weighted by Crippen LogP contribution is -2.23. The van der Waals surface area contributed by atoms with Crippen molar-refractivity contribution in [2.75, 3.05) is 19.8 Å². The van der Waals surface area contributed by atoms with E-state index in [4.69, 9.17) is 15.2 Å². The van der Waals surface area contributed by atoms with Gasteiger partial charge in [0.1, 0.15) is 0 Å². The average molecular weight is 316 g/mol. The van der Waals surface area contributed by atoms with Gasteiger partial charge in [0.05, 0.1) is 24.9 Å². The van der Waals surface area contributed by atoms with E-state index in [1.54, 1.807) is 0 Å². The molecule has 102 valence electrons. The Hall–Kier alpha value is -0.420. The Morgan fingerprint density at radius 2 is 1.78 bits per heavy atom. The highest BCUT2D eigenvalue weighted by atomic mass is 79.9. The molecule has 1 aromatic rings. The predicted octanol–water partition coefficient (Wildman–Crippen LogP) is 3.28. The lowest BCUT2D eigenvalue weighted by atomic mass is 10.1. The predicted molar refractivity (Wildman–Crippen MR) is 77.6 cm³/mol. The highest BCUT2D eigenvalue weighted by molar-refractivity contribution is 9.10. The van der Waals surface area contributed by atoms with Gasteiger partial charge in [0.2, 0.25) is 0 Å². The van der Waals surface area contributed by atoms with Gasteiger partial charge in [0, 0.05) is 11.0 Å². The summed E-state index contributed by atoms with van der Waals surface area (Å²) in [5, 5.41) is 0. The van der Waals surface area contributed by atoms with Crippen LogP contribution < -0.4 is 5.73 Å². The van der Waals surface area contributed by atoms with Gasteiger partial charge in [-0.15, -0.1) is 0 Å². The SMILES string of the molecule is CC(C)(C)OCCOC(CN)c1ccc(Br)cc1. The second-order valence-electron chi connectivity index (χ2n) is 5.11. The number of halogens is 1. The molecule has 0 radical (unpaired) electrons. The van der Waals surface area contributed by atoms with Gasteiger partial charge in [-0.3, -0.25) is 0 Å². The lowest BCUT2D eigenvalue weighted by Gasteiger charge is -2.21. The van der Waals surface area contributed by atoms with Gasteiger partial charge >= 0.3 is 0 Å². The molecule has 0 saturated heterocycles. The summed E-state index contributed by atoms with van der Waals surface area (Å²) in [6.45, 7) is 7.69. The molecule has 0 aromatic heterocycles. The largest absolute Gasteiger partial charge is 0.373 e. The molecule has 0 spiro atoms. The van der Waals surface area contributed by atoms with Crippen molar-refractivity contribution in [1.82, 2.24) is 0 Å². The van der Waals surface area contributed by atoms with Crippen molar-refractivity contribution in [3.63, 3.8) is 0 Å². The van der Waals surface area contributed by atoms with Crippen LogP contribution >= 0.6 is 15.9 Å². The average Bonchev–Trinajstić information content (AvgIpc) is 2.29. The summed E-state index contributed by atoms with van der Waals surface area (Å²) >= 11 is 3.41. The molecule has 2 N–H and O–H groups in total. The molecule has 0 aliphatic rings. The van der Waals surface area contributed by atoms with Gasteiger partial charge in [-0.2, -0.15) is 0 Å². The molecule has 3 nitrogen and oxygen atoms in total. The number of benzene rings is 1. The zero-order valence-corrected chi connectivity index (χ0v) is 12.9. The van der Waals surface area contributed by atoms with E-state index in [1.807, 2.05) is 45.0 Å². The van der Waals surface area contributed by atoms with Gasteiger partial charge in [0.25, 0.3) is 0 Å². The maximum atomic E-state index is 5.75. The zero-order valence-electron chi connectivity index (χ0n) is 11.3. The third kappa shape index (κ3) is 5.96. The summed E-state index contributed by atoms with van der Waals surface area (Å²) in [6, 6.07) is 8.03. The van der Waals surface area contributed by atoms with Crippen molar-refractivity contribution in [2.24, 2.45) is 5.73 Å². The summed E-state index contributed by atoms with van der Waals surface area (Å²) in [7, 11) is 0. The normalized spacial score (nSPS) is 13.6. The van der Waals surface area contributed by atoms with E-state index in [1.165, 1.54) is 0 Å². The molecular formula is C14H22BrNO2. The number of hydrogen-bond acceptors (Lipinski definition) is 3. The van der Waals surface area contributed by atoms with Crippen LogP contribution in [-0.4, -0.2) is 25.4 Å². The van der Waals surface area contributed by atoms with Crippen LogP contribution in [0.25, 0.3) is 0 Å². The number of nitrogens with two attached hydrogens (primary N) is 1. The topological polar surface area (TPSA) is 44.5 Å². The van der Waals surface area contributed by atoms with Gasteiger partial charge in [-0.1, -0.05) is 28.1 Å². The molecule has 1 aromatic carbocycles. The van der Waals surface area contributed by atoms with Crippen LogP contribution in [0.1, 0.15) is 32.4 Å². The summed E-state index contributed by atoms with van der Waals surface area (Å²) in [6.07, 6.45) is -0.0679. The van der Waals surface area contributed by atoms with Crippen LogP contribution in [-0.2, 0) is 9.47 Å². The Morgan fingerprint density at radius 3 is 2.28 bits per heavy atom. The highest BCUT2D eigenvalue weighted by Gasteiger charge is 2.12. The van der Waals surface area contributed by atoms with Crippen molar-refractivity contribution in [3.8, 4) is 0 Å². The summed E-state index contributed by atoms with van der Waals surface area (Å²) in [4.78, 5) is 0. The minimum atomic E-state index is -0.126. The molecule has 0 fully saturated rings. The standard InChI is InChI=1S/C14H22BrNO2/c1-14(2,3)18-9-8-17-13(10-16)11-4-6-12(15)7-5-11/h4-7,13H,8-10,16H2,1-3H3. The molecular weight excluding hydrogens is 294 g/mol. The van der Waals surface area contributed by atoms with E-state index < -0.39 is 0 Å². The first kappa shape index (κ1) is 15.6. The molecule has 1 unspecified atom stereocenters. The molecule has 0 heterocycles. The van der Waals surface area contributed by atoms with E-state index in [0.29, 0.717) is 19.8 Å². The van der Waals surface area contributed by atoms with Crippen LogP contribution in [0, 0.1) is 0 Å². The molecule has 18 heavy (non-hydrogen) atoms. The monoisotopic (exact) mass is 315 g/mol. The first-order chi connectivity index (χ1) is 8.42. The maximum absolute atomic E-state index is 5.75. The van der Waals surface area contributed by atoms with E-state index in [0.717, 1.165) is 10.0 Å².